The van der Waals surface area contributed by atoms with Gasteiger partial charge in [-0.2, -0.15) is 0 Å². The highest BCUT2D eigenvalue weighted by Crippen LogP contribution is 2.32. The van der Waals surface area contributed by atoms with Gasteiger partial charge in [0.1, 0.15) is 0 Å². The zero-order valence-corrected chi connectivity index (χ0v) is 19.0. The van der Waals surface area contributed by atoms with Gasteiger partial charge in [0.05, 0.1) is 0 Å². The number of hydrogen-bond acceptors (Lipinski definition) is 3. The zero-order chi connectivity index (χ0) is 21.5. The Morgan fingerprint density at radius 1 is 0.742 bits per heavy atom. The molecule has 1 N–H and O–H groups in total. The lowest BCUT2D eigenvalue weighted by Crippen LogP contribution is -2.25. The van der Waals surface area contributed by atoms with Crippen LogP contribution >= 0.6 is 0 Å². The van der Waals surface area contributed by atoms with E-state index in [2.05, 4.69) is 95.7 Å². The number of hydrogen-bond donors (Lipinski definition) is 1. The van der Waals surface area contributed by atoms with E-state index in [1.807, 2.05) is 6.07 Å². The number of unbranched alkanes of at least 4 members (excludes halogenated alkanes) is 2. The van der Waals surface area contributed by atoms with Gasteiger partial charge in [0.15, 0.2) is 0 Å². The number of nitrogens with zero attached hydrogens (tertiary/aromatic N) is 2. The van der Waals surface area contributed by atoms with Crippen LogP contribution in [0.1, 0.15) is 50.7 Å². The number of benzene rings is 3. The van der Waals surface area contributed by atoms with Crippen LogP contribution in [0.5, 0.6) is 0 Å². The summed E-state index contributed by atoms with van der Waals surface area (Å²) in [5.74, 6) is 0. The van der Waals surface area contributed by atoms with E-state index in [0.29, 0.717) is 0 Å². The number of fused-ring (bicyclic) bond motifs is 1. The van der Waals surface area contributed by atoms with Crippen LogP contribution in [0.25, 0.3) is 0 Å². The number of para-hydroxylation sites is 1. The first-order chi connectivity index (χ1) is 15.3. The Hall–Kier alpha value is -2.94. The Kier molecular flexibility index (Phi) is 7.14. The van der Waals surface area contributed by atoms with E-state index < -0.39 is 0 Å². The van der Waals surface area contributed by atoms with E-state index in [0.717, 1.165) is 37.6 Å². The molecule has 0 aromatic heterocycles. The summed E-state index contributed by atoms with van der Waals surface area (Å²) in [6, 6.07) is 26.4. The summed E-state index contributed by atoms with van der Waals surface area (Å²) < 4.78 is 0. The van der Waals surface area contributed by atoms with Gasteiger partial charge in [-0.1, -0.05) is 51.0 Å². The first-order valence-corrected chi connectivity index (χ1v) is 11.8. The molecule has 1 aliphatic heterocycles. The third-order valence-corrected chi connectivity index (χ3v) is 6.13. The molecule has 0 radical (unpaired) electrons. The summed E-state index contributed by atoms with van der Waals surface area (Å²) in [6.07, 6.45) is 5.00. The largest absolute Gasteiger partial charge is 0.372 e. The van der Waals surface area contributed by atoms with Crippen molar-refractivity contribution in [3.05, 3.63) is 83.9 Å². The highest BCUT2D eigenvalue weighted by Gasteiger charge is 2.20. The van der Waals surface area contributed by atoms with Crippen molar-refractivity contribution in [2.75, 3.05) is 28.2 Å². The fourth-order valence-corrected chi connectivity index (χ4v) is 4.29. The van der Waals surface area contributed by atoms with Crippen molar-refractivity contribution in [2.45, 2.75) is 52.6 Å². The second-order valence-corrected chi connectivity index (χ2v) is 8.54. The molecule has 0 saturated heterocycles. The molecule has 0 spiro atoms. The van der Waals surface area contributed by atoms with Gasteiger partial charge >= 0.3 is 0 Å². The summed E-state index contributed by atoms with van der Waals surface area (Å²) in [4.78, 5) is 5.03. The number of rotatable bonds is 10. The van der Waals surface area contributed by atoms with E-state index >= 15 is 0 Å². The summed E-state index contributed by atoms with van der Waals surface area (Å²) >= 11 is 0. The molecule has 0 fully saturated rings. The van der Waals surface area contributed by atoms with Crippen LogP contribution < -0.4 is 15.1 Å². The molecule has 0 bridgehead atoms. The van der Waals surface area contributed by atoms with Gasteiger partial charge in [-0.05, 0) is 72.5 Å². The minimum absolute atomic E-state index is 0.967. The molecule has 0 atom stereocenters. The Morgan fingerprint density at radius 2 is 1.42 bits per heavy atom. The molecule has 0 aliphatic carbocycles. The topological polar surface area (TPSA) is 18.5 Å². The van der Waals surface area contributed by atoms with Crippen molar-refractivity contribution in [3.63, 3.8) is 0 Å². The van der Waals surface area contributed by atoms with E-state index in [-0.39, 0.29) is 0 Å². The van der Waals surface area contributed by atoms with Crippen LogP contribution in [0.4, 0.5) is 22.7 Å². The highest BCUT2D eigenvalue weighted by molar-refractivity contribution is 5.64. The van der Waals surface area contributed by atoms with E-state index in [9.17, 15) is 0 Å². The SMILES string of the molecule is CCCCN(CCCC)c1ccc(N2Cc3ccc(Nc4ccccc4)cc3C2)cc1. The Labute approximate surface area is 187 Å². The molecule has 0 saturated carbocycles. The van der Waals surface area contributed by atoms with Crippen molar-refractivity contribution >= 4 is 22.7 Å². The first kappa shape index (κ1) is 21.3. The van der Waals surface area contributed by atoms with Gasteiger partial charge in [0, 0.05) is 48.9 Å². The second-order valence-electron chi connectivity index (χ2n) is 8.54. The monoisotopic (exact) mass is 413 g/mol. The summed E-state index contributed by atoms with van der Waals surface area (Å²) in [7, 11) is 0. The van der Waals surface area contributed by atoms with Gasteiger partial charge in [0.2, 0.25) is 0 Å². The molecule has 31 heavy (non-hydrogen) atoms. The van der Waals surface area contributed by atoms with Gasteiger partial charge < -0.3 is 15.1 Å². The average molecular weight is 414 g/mol. The van der Waals surface area contributed by atoms with Crippen LogP contribution in [-0.4, -0.2) is 13.1 Å². The lowest BCUT2D eigenvalue weighted by molar-refractivity contribution is 0.678. The van der Waals surface area contributed by atoms with Crippen molar-refractivity contribution in [2.24, 2.45) is 0 Å². The standard InChI is InChI=1S/C28H35N3/c1-3-5-18-30(19-6-4-2)27-14-16-28(17-15-27)31-21-23-12-13-26(20-24(23)22-31)29-25-10-8-7-9-11-25/h7-17,20,29H,3-6,18-19,21-22H2,1-2H3. The molecule has 3 aromatic rings. The van der Waals surface area contributed by atoms with Crippen molar-refractivity contribution in [1.82, 2.24) is 0 Å². The molecule has 3 nitrogen and oxygen atoms in total. The zero-order valence-electron chi connectivity index (χ0n) is 19.0. The maximum Gasteiger partial charge on any atom is 0.0437 e. The maximum absolute atomic E-state index is 3.52. The Balaban J connectivity index is 1.42. The van der Waals surface area contributed by atoms with Crippen molar-refractivity contribution in [1.29, 1.82) is 0 Å². The summed E-state index contributed by atoms with van der Waals surface area (Å²) in [5.41, 5.74) is 7.79. The molecule has 3 aromatic carbocycles. The van der Waals surface area contributed by atoms with Crippen molar-refractivity contribution in [3.8, 4) is 0 Å². The highest BCUT2D eigenvalue weighted by atomic mass is 15.2. The smallest absolute Gasteiger partial charge is 0.0437 e. The molecule has 1 aliphatic rings. The molecule has 162 valence electrons. The minimum Gasteiger partial charge on any atom is -0.372 e. The van der Waals surface area contributed by atoms with Crippen LogP contribution in [0.3, 0.4) is 0 Å². The fraction of sp³-hybridized carbons (Fsp3) is 0.357. The number of nitrogens with one attached hydrogen (secondary N) is 1. The fourth-order valence-electron chi connectivity index (χ4n) is 4.29. The third-order valence-electron chi connectivity index (χ3n) is 6.13. The van der Waals surface area contributed by atoms with Crippen LogP contribution in [0, 0.1) is 0 Å². The molecular weight excluding hydrogens is 378 g/mol. The molecule has 0 amide bonds. The van der Waals surface area contributed by atoms with Crippen LogP contribution in [0.15, 0.2) is 72.8 Å². The quantitative estimate of drug-likeness (QED) is 0.375. The van der Waals surface area contributed by atoms with Crippen molar-refractivity contribution < 1.29 is 0 Å². The molecular formula is C28H35N3. The van der Waals surface area contributed by atoms with Gasteiger partial charge in [-0.15, -0.1) is 0 Å². The average Bonchev–Trinajstić information content (AvgIpc) is 3.23. The molecule has 0 unspecified atom stereocenters. The van der Waals surface area contributed by atoms with Gasteiger partial charge in [0.25, 0.3) is 0 Å². The predicted molar refractivity (Wildman–Crippen MR) is 135 cm³/mol. The minimum atomic E-state index is 0.967. The summed E-state index contributed by atoms with van der Waals surface area (Å²) in [6.45, 7) is 8.80. The molecule has 1 heterocycles. The number of anilines is 4. The molecule has 4 rings (SSSR count). The van der Waals surface area contributed by atoms with E-state index in [1.165, 1.54) is 48.2 Å². The lowest BCUT2D eigenvalue weighted by Gasteiger charge is -2.26. The second kappa shape index (κ2) is 10.4. The Bertz CT molecular complexity index is 942. The van der Waals surface area contributed by atoms with Gasteiger partial charge in [-0.3, -0.25) is 0 Å². The predicted octanol–water partition coefficient (Wildman–Crippen LogP) is 7.36. The first-order valence-electron chi connectivity index (χ1n) is 11.8. The third kappa shape index (κ3) is 5.41. The van der Waals surface area contributed by atoms with Crippen LogP contribution in [0.2, 0.25) is 0 Å². The summed E-state index contributed by atoms with van der Waals surface area (Å²) in [5, 5.41) is 3.52. The van der Waals surface area contributed by atoms with Gasteiger partial charge in [-0.25, -0.2) is 0 Å². The Morgan fingerprint density at radius 3 is 2.10 bits per heavy atom. The van der Waals surface area contributed by atoms with E-state index in [4.69, 9.17) is 0 Å². The van der Waals surface area contributed by atoms with Crippen LogP contribution in [-0.2, 0) is 13.1 Å². The van der Waals surface area contributed by atoms with E-state index in [1.54, 1.807) is 0 Å². The molecule has 3 heteroatoms. The normalized spacial score (nSPS) is 12.6. The maximum atomic E-state index is 3.52. The lowest BCUT2D eigenvalue weighted by atomic mass is 10.1.